The summed E-state index contributed by atoms with van der Waals surface area (Å²) in [7, 11) is 0. The summed E-state index contributed by atoms with van der Waals surface area (Å²) in [4.78, 5) is 10.5. The third-order valence-electron chi connectivity index (χ3n) is 1.31. The number of carbonyl (C=O) groups is 1. The van der Waals surface area contributed by atoms with Crippen molar-refractivity contribution in [2.45, 2.75) is 20.4 Å². The minimum absolute atomic E-state index is 0.0425. The summed E-state index contributed by atoms with van der Waals surface area (Å²) < 4.78 is 5.22. The van der Waals surface area contributed by atoms with Crippen molar-refractivity contribution in [2.24, 2.45) is 0 Å². The number of furan rings is 1. The van der Waals surface area contributed by atoms with Crippen LogP contribution in [0.4, 0.5) is 0 Å². The van der Waals surface area contributed by atoms with Gasteiger partial charge in [-0.2, -0.15) is 0 Å². The molecule has 0 unspecified atom stereocenters. The molecule has 0 bridgehead atoms. The van der Waals surface area contributed by atoms with Gasteiger partial charge in [0.05, 0.1) is 6.54 Å². The van der Waals surface area contributed by atoms with Gasteiger partial charge in [0, 0.05) is 6.92 Å². The van der Waals surface area contributed by atoms with Crippen LogP contribution in [0.1, 0.15) is 18.4 Å². The summed E-state index contributed by atoms with van der Waals surface area (Å²) in [6, 6.07) is 3.72. The van der Waals surface area contributed by atoms with Gasteiger partial charge in [-0.25, -0.2) is 0 Å². The van der Waals surface area contributed by atoms with Crippen LogP contribution < -0.4 is 5.32 Å². The molecule has 3 nitrogen and oxygen atoms in total. The van der Waals surface area contributed by atoms with Crippen LogP contribution >= 0.6 is 0 Å². The van der Waals surface area contributed by atoms with E-state index in [0.717, 1.165) is 11.5 Å². The molecule has 1 amide bonds. The Morgan fingerprint density at radius 3 is 2.82 bits per heavy atom. The molecule has 0 saturated carbocycles. The van der Waals surface area contributed by atoms with Gasteiger partial charge in [-0.3, -0.25) is 4.79 Å². The molecule has 0 aliphatic carbocycles. The maximum atomic E-state index is 10.5. The average molecular weight is 153 g/mol. The lowest BCUT2D eigenvalue weighted by molar-refractivity contribution is -0.119. The van der Waals surface area contributed by atoms with Crippen molar-refractivity contribution in [3.8, 4) is 0 Å². The summed E-state index contributed by atoms with van der Waals surface area (Å²) in [6.07, 6.45) is 0. The van der Waals surface area contributed by atoms with Crippen LogP contribution in [0.25, 0.3) is 0 Å². The van der Waals surface area contributed by atoms with Crippen molar-refractivity contribution in [2.75, 3.05) is 0 Å². The minimum Gasteiger partial charge on any atom is -0.465 e. The first-order chi connectivity index (χ1) is 5.18. The lowest BCUT2D eigenvalue weighted by Gasteiger charge is -1.96. The van der Waals surface area contributed by atoms with Crippen molar-refractivity contribution >= 4 is 5.91 Å². The van der Waals surface area contributed by atoms with Gasteiger partial charge in [-0.15, -0.1) is 0 Å². The molecule has 1 aromatic rings. The highest BCUT2D eigenvalue weighted by Crippen LogP contribution is 2.04. The van der Waals surface area contributed by atoms with Gasteiger partial charge in [0.15, 0.2) is 0 Å². The summed E-state index contributed by atoms with van der Waals surface area (Å²) in [5, 5.41) is 2.64. The highest BCUT2D eigenvalue weighted by atomic mass is 16.3. The second-order valence-corrected chi connectivity index (χ2v) is 2.42. The third-order valence-corrected chi connectivity index (χ3v) is 1.31. The molecular formula is C8H11NO2. The number of aryl methyl sites for hydroxylation is 1. The van der Waals surface area contributed by atoms with E-state index in [-0.39, 0.29) is 5.91 Å². The molecule has 1 aromatic heterocycles. The SMILES string of the molecule is CC(=O)NCc1ccc(C)o1. The average Bonchev–Trinajstić information content (AvgIpc) is 2.31. The molecule has 0 spiro atoms. The van der Waals surface area contributed by atoms with Gasteiger partial charge in [-0.1, -0.05) is 0 Å². The van der Waals surface area contributed by atoms with Gasteiger partial charge in [0.1, 0.15) is 11.5 Å². The van der Waals surface area contributed by atoms with E-state index in [0.29, 0.717) is 6.54 Å². The number of rotatable bonds is 2. The Hall–Kier alpha value is -1.25. The highest BCUT2D eigenvalue weighted by Gasteiger charge is 1.97. The number of hydrogen-bond donors (Lipinski definition) is 1. The van der Waals surface area contributed by atoms with E-state index in [4.69, 9.17) is 4.42 Å². The van der Waals surface area contributed by atoms with E-state index in [2.05, 4.69) is 5.32 Å². The van der Waals surface area contributed by atoms with Crippen molar-refractivity contribution in [1.82, 2.24) is 5.32 Å². The molecule has 1 rings (SSSR count). The van der Waals surface area contributed by atoms with Crippen LogP contribution in [0.2, 0.25) is 0 Å². The highest BCUT2D eigenvalue weighted by molar-refractivity contribution is 5.72. The van der Waals surface area contributed by atoms with Gasteiger partial charge < -0.3 is 9.73 Å². The van der Waals surface area contributed by atoms with Gasteiger partial charge in [-0.05, 0) is 19.1 Å². The summed E-state index contributed by atoms with van der Waals surface area (Å²) in [5.41, 5.74) is 0. The fraction of sp³-hybridized carbons (Fsp3) is 0.375. The van der Waals surface area contributed by atoms with Crippen LogP contribution in [0, 0.1) is 6.92 Å². The normalized spacial score (nSPS) is 9.64. The van der Waals surface area contributed by atoms with Crippen molar-refractivity contribution in [3.63, 3.8) is 0 Å². The Kier molecular flexibility index (Phi) is 2.31. The lowest BCUT2D eigenvalue weighted by atomic mass is 10.4. The Morgan fingerprint density at radius 2 is 2.36 bits per heavy atom. The first-order valence-corrected chi connectivity index (χ1v) is 3.48. The summed E-state index contributed by atoms with van der Waals surface area (Å²) in [5.74, 6) is 1.61. The van der Waals surface area contributed by atoms with Crippen LogP contribution in [0.15, 0.2) is 16.5 Å². The quantitative estimate of drug-likeness (QED) is 0.694. The van der Waals surface area contributed by atoms with Gasteiger partial charge >= 0.3 is 0 Å². The van der Waals surface area contributed by atoms with Crippen LogP contribution in [0.5, 0.6) is 0 Å². The smallest absolute Gasteiger partial charge is 0.217 e. The molecule has 60 valence electrons. The number of hydrogen-bond acceptors (Lipinski definition) is 2. The maximum Gasteiger partial charge on any atom is 0.217 e. The largest absolute Gasteiger partial charge is 0.465 e. The van der Waals surface area contributed by atoms with Crippen molar-refractivity contribution < 1.29 is 9.21 Å². The maximum absolute atomic E-state index is 10.5. The zero-order valence-corrected chi connectivity index (χ0v) is 6.68. The lowest BCUT2D eigenvalue weighted by Crippen LogP contribution is -2.18. The molecule has 11 heavy (non-hydrogen) atoms. The monoisotopic (exact) mass is 153 g/mol. The second kappa shape index (κ2) is 3.23. The van der Waals surface area contributed by atoms with Gasteiger partial charge in [0.25, 0.3) is 0 Å². The molecular weight excluding hydrogens is 142 g/mol. The Balaban J connectivity index is 2.45. The summed E-state index contributed by atoms with van der Waals surface area (Å²) in [6.45, 7) is 3.83. The molecule has 0 aliphatic rings. The molecule has 0 saturated heterocycles. The van der Waals surface area contributed by atoms with E-state index in [1.165, 1.54) is 6.92 Å². The standard InChI is InChI=1S/C8H11NO2/c1-6-3-4-8(11-6)5-9-7(2)10/h3-4H,5H2,1-2H3,(H,9,10). The molecule has 0 fully saturated rings. The zero-order chi connectivity index (χ0) is 8.27. The molecule has 3 heteroatoms. The van der Waals surface area contributed by atoms with E-state index in [1.807, 2.05) is 19.1 Å². The predicted octanol–water partition coefficient (Wildman–Crippen LogP) is 1.22. The van der Waals surface area contributed by atoms with Gasteiger partial charge in [0.2, 0.25) is 5.91 Å². The Morgan fingerprint density at radius 1 is 1.64 bits per heavy atom. The van der Waals surface area contributed by atoms with E-state index in [1.54, 1.807) is 0 Å². The molecule has 0 atom stereocenters. The zero-order valence-electron chi connectivity index (χ0n) is 6.68. The van der Waals surface area contributed by atoms with Crippen LogP contribution in [0.3, 0.4) is 0 Å². The topological polar surface area (TPSA) is 42.2 Å². The second-order valence-electron chi connectivity index (χ2n) is 2.42. The van der Waals surface area contributed by atoms with Crippen LogP contribution in [-0.4, -0.2) is 5.91 Å². The van der Waals surface area contributed by atoms with Crippen molar-refractivity contribution in [1.29, 1.82) is 0 Å². The fourth-order valence-corrected chi connectivity index (χ4v) is 0.792. The number of carbonyl (C=O) groups excluding carboxylic acids is 1. The van der Waals surface area contributed by atoms with Crippen LogP contribution in [-0.2, 0) is 11.3 Å². The molecule has 0 aliphatic heterocycles. The molecule has 0 aromatic carbocycles. The Labute approximate surface area is 65.4 Å². The minimum atomic E-state index is -0.0425. The number of amides is 1. The predicted molar refractivity (Wildman–Crippen MR) is 41.0 cm³/mol. The first kappa shape index (κ1) is 7.85. The fourth-order valence-electron chi connectivity index (χ4n) is 0.792. The molecule has 1 N–H and O–H groups in total. The van der Waals surface area contributed by atoms with Crippen molar-refractivity contribution in [3.05, 3.63) is 23.7 Å². The molecule has 0 radical (unpaired) electrons. The van der Waals surface area contributed by atoms with E-state index >= 15 is 0 Å². The first-order valence-electron chi connectivity index (χ1n) is 3.48. The Bertz CT molecular complexity index is 252. The molecule has 1 heterocycles. The third kappa shape index (κ3) is 2.45. The van der Waals surface area contributed by atoms with E-state index in [9.17, 15) is 4.79 Å². The van der Waals surface area contributed by atoms with E-state index < -0.39 is 0 Å². The number of nitrogens with one attached hydrogen (secondary N) is 1. The summed E-state index contributed by atoms with van der Waals surface area (Å²) >= 11 is 0.